The lowest BCUT2D eigenvalue weighted by atomic mass is 9.85. The summed E-state index contributed by atoms with van der Waals surface area (Å²) in [7, 11) is 1.75. The van der Waals surface area contributed by atoms with Gasteiger partial charge in [-0.3, -0.25) is 19.8 Å². The number of hydrogen-bond donors (Lipinski definition) is 2. The second-order valence-corrected chi connectivity index (χ2v) is 6.84. The van der Waals surface area contributed by atoms with Crippen molar-refractivity contribution in [3.05, 3.63) is 22.5 Å². The fourth-order valence-electron chi connectivity index (χ4n) is 3.32. The van der Waals surface area contributed by atoms with Gasteiger partial charge in [0.15, 0.2) is 5.96 Å². The summed E-state index contributed by atoms with van der Waals surface area (Å²) in [5.41, 5.74) is 0.0128. The molecule has 1 aliphatic rings. The topological polar surface area (TPSA) is 97.4 Å². The molecule has 1 atom stereocenters. The molecule has 0 aliphatic heterocycles. The maximum atomic E-state index is 10.6. The Morgan fingerprint density at radius 3 is 2.88 bits per heavy atom. The number of nitrogens with one attached hydrogen (secondary N) is 2. The third-order valence-electron chi connectivity index (χ3n) is 4.80. The highest BCUT2D eigenvalue weighted by atomic mass is 16.6. The fourth-order valence-corrected chi connectivity index (χ4v) is 3.32. The summed E-state index contributed by atoms with van der Waals surface area (Å²) in [5, 5.41) is 21.3. The molecular weight excluding hydrogens is 320 g/mol. The van der Waals surface area contributed by atoms with E-state index in [9.17, 15) is 10.1 Å². The predicted octanol–water partition coefficient (Wildman–Crippen LogP) is 2.71. The van der Waals surface area contributed by atoms with Gasteiger partial charge in [0.2, 0.25) is 0 Å². The first-order valence-electron chi connectivity index (χ1n) is 9.22. The molecule has 1 saturated carbocycles. The lowest BCUT2D eigenvalue weighted by Gasteiger charge is -2.24. The summed E-state index contributed by atoms with van der Waals surface area (Å²) in [6, 6.07) is 0.374. The standard InChI is InChI=1S/C17H30N6O2/c1-14(8-9-15-6-4-3-5-7-15)21-17(18-2)19-10-11-22-13-16(12-20-22)23(24)25/h12-15H,3-11H2,1-2H3,(H2,18,19,21). The molecular formula is C17H30N6O2. The molecule has 1 heterocycles. The quantitative estimate of drug-likeness (QED) is 0.325. The van der Waals surface area contributed by atoms with Gasteiger partial charge in [-0.25, -0.2) is 0 Å². The maximum absolute atomic E-state index is 10.6. The van der Waals surface area contributed by atoms with E-state index < -0.39 is 4.92 Å². The Hall–Kier alpha value is -2.12. The fraction of sp³-hybridized carbons (Fsp3) is 0.765. The molecule has 2 N–H and O–H groups in total. The average molecular weight is 350 g/mol. The van der Waals surface area contributed by atoms with Crippen molar-refractivity contribution in [2.45, 2.75) is 64.5 Å². The monoisotopic (exact) mass is 350 g/mol. The van der Waals surface area contributed by atoms with Crippen molar-refractivity contribution in [2.24, 2.45) is 10.9 Å². The molecule has 1 aromatic rings. The van der Waals surface area contributed by atoms with Gasteiger partial charge in [-0.2, -0.15) is 5.10 Å². The third-order valence-corrected chi connectivity index (χ3v) is 4.80. The molecule has 0 radical (unpaired) electrons. The molecule has 0 bridgehead atoms. The Balaban J connectivity index is 1.65. The van der Waals surface area contributed by atoms with E-state index in [1.54, 1.807) is 11.7 Å². The van der Waals surface area contributed by atoms with Crippen LogP contribution in [-0.4, -0.2) is 40.3 Å². The van der Waals surface area contributed by atoms with Crippen LogP contribution in [0.4, 0.5) is 5.69 Å². The van der Waals surface area contributed by atoms with Crippen LogP contribution in [0.2, 0.25) is 0 Å². The van der Waals surface area contributed by atoms with E-state index >= 15 is 0 Å². The van der Waals surface area contributed by atoms with E-state index in [0.717, 1.165) is 18.3 Å². The summed E-state index contributed by atoms with van der Waals surface area (Å²) in [6.45, 7) is 3.34. The summed E-state index contributed by atoms with van der Waals surface area (Å²) in [6.07, 6.45) is 12.1. The molecule has 8 heteroatoms. The smallest absolute Gasteiger partial charge is 0.306 e. The highest BCUT2D eigenvalue weighted by Crippen LogP contribution is 2.27. The number of rotatable bonds is 8. The number of nitrogens with zero attached hydrogens (tertiary/aromatic N) is 4. The third kappa shape index (κ3) is 6.72. The van der Waals surface area contributed by atoms with E-state index in [-0.39, 0.29) is 5.69 Å². The second-order valence-electron chi connectivity index (χ2n) is 6.84. The Labute approximate surface area is 149 Å². The zero-order chi connectivity index (χ0) is 18.1. The van der Waals surface area contributed by atoms with Gasteiger partial charge in [0.05, 0.1) is 11.5 Å². The van der Waals surface area contributed by atoms with Crippen LogP contribution in [0.15, 0.2) is 17.4 Å². The zero-order valence-electron chi connectivity index (χ0n) is 15.3. The zero-order valence-corrected chi connectivity index (χ0v) is 15.3. The van der Waals surface area contributed by atoms with Gasteiger partial charge >= 0.3 is 5.69 Å². The van der Waals surface area contributed by atoms with Crippen LogP contribution < -0.4 is 10.6 Å². The van der Waals surface area contributed by atoms with Crippen molar-refractivity contribution in [1.29, 1.82) is 0 Å². The van der Waals surface area contributed by atoms with Crippen molar-refractivity contribution < 1.29 is 4.92 Å². The minimum Gasteiger partial charge on any atom is -0.355 e. The van der Waals surface area contributed by atoms with Gasteiger partial charge in [0.1, 0.15) is 12.4 Å². The molecule has 0 spiro atoms. The molecule has 1 unspecified atom stereocenters. The van der Waals surface area contributed by atoms with Crippen LogP contribution in [0, 0.1) is 16.0 Å². The largest absolute Gasteiger partial charge is 0.355 e. The maximum Gasteiger partial charge on any atom is 0.306 e. The Bertz CT molecular complexity index is 565. The first kappa shape index (κ1) is 19.2. The summed E-state index contributed by atoms with van der Waals surface area (Å²) >= 11 is 0. The van der Waals surface area contributed by atoms with Gasteiger partial charge in [0, 0.05) is 19.6 Å². The number of aliphatic imine (C=N–C) groups is 1. The normalized spacial score (nSPS) is 17.3. The van der Waals surface area contributed by atoms with Crippen molar-refractivity contribution in [3.63, 3.8) is 0 Å². The van der Waals surface area contributed by atoms with Gasteiger partial charge in [-0.15, -0.1) is 0 Å². The van der Waals surface area contributed by atoms with Crippen LogP contribution in [0.25, 0.3) is 0 Å². The lowest BCUT2D eigenvalue weighted by molar-refractivity contribution is -0.385. The summed E-state index contributed by atoms with van der Waals surface area (Å²) in [5.74, 6) is 1.65. The predicted molar refractivity (Wildman–Crippen MR) is 98.6 cm³/mol. The molecule has 1 fully saturated rings. The van der Waals surface area contributed by atoms with E-state index in [2.05, 4.69) is 27.6 Å². The number of hydrogen-bond acceptors (Lipinski definition) is 4. The van der Waals surface area contributed by atoms with Crippen LogP contribution >= 0.6 is 0 Å². The van der Waals surface area contributed by atoms with E-state index in [4.69, 9.17) is 0 Å². The van der Waals surface area contributed by atoms with Crippen LogP contribution in [0.3, 0.4) is 0 Å². The Morgan fingerprint density at radius 2 is 2.24 bits per heavy atom. The van der Waals surface area contributed by atoms with E-state index in [0.29, 0.717) is 19.1 Å². The number of aromatic nitrogens is 2. The SMILES string of the molecule is CN=C(NCCn1cc([N+](=O)[O-])cn1)NC(C)CCC1CCCCC1. The van der Waals surface area contributed by atoms with Crippen molar-refractivity contribution in [1.82, 2.24) is 20.4 Å². The van der Waals surface area contributed by atoms with Crippen LogP contribution in [-0.2, 0) is 6.54 Å². The first-order valence-corrected chi connectivity index (χ1v) is 9.22. The molecule has 140 valence electrons. The molecule has 0 saturated heterocycles. The van der Waals surface area contributed by atoms with E-state index in [1.807, 2.05) is 0 Å². The molecule has 0 aromatic carbocycles. The van der Waals surface area contributed by atoms with Crippen molar-refractivity contribution in [3.8, 4) is 0 Å². The highest BCUT2D eigenvalue weighted by Gasteiger charge is 2.15. The molecule has 2 rings (SSSR count). The lowest BCUT2D eigenvalue weighted by Crippen LogP contribution is -2.43. The Kier molecular flexibility index (Phi) is 7.69. The summed E-state index contributed by atoms with van der Waals surface area (Å²) in [4.78, 5) is 14.5. The number of nitro groups is 1. The molecule has 1 aliphatic carbocycles. The number of guanidine groups is 1. The van der Waals surface area contributed by atoms with Gasteiger partial charge in [-0.05, 0) is 25.7 Å². The molecule has 0 amide bonds. The summed E-state index contributed by atoms with van der Waals surface area (Å²) < 4.78 is 1.56. The molecule has 1 aromatic heterocycles. The van der Waals surface area contributed by atoms with Crippen LogP contribution in [0.5, 0.6) is 0 Å². The van der Waals surface area contributed by atoms with Gasteiger partial charge < -0.3 is 10.6 Å². The van der Waals surface area contributed by atoms with Gasteiger partial charge in [0.25, 0.3) is 0 Å². The first-order chi connectivity index (χ1) is 12.1. The molecule has 25 heavy (non-hydrogen) atoms. The van der Waals surface area contributed by atoms with Crippen molar-refractivity contribution >= 4 is 11.6 Å². The Morgan fingerprint density at radius 1 is 1.48 bits per heavy atom. The highest BCUT2D eigenvalue weighted by molar-refractivity contribution is 5.79. The average Bonchev–Trinajstić information content (AvgIpc) is 3.09. The molecule has 8 nitrogen and oxygen atoms in total. The van der Waals surface area contributed by atoms with E-state index in [1.165, 1.54) is 50.9 Å². The minimum atomic E-state index is -0.439. The van der Waals surface area contributed by atoms with Crippen LogP contribution in [0.1, 0.15) is 51.9 Å². The minimum absolute atomic E-state index is 0.0128. The van der Waals surface area contributed by atoms with Crippen molar-refractivity contribution in [2.75, 3.05) is 13.6 Å². The second kappa shape index (κ2) is 10.0. The van der Waals surface area contributed by atoms with Gasteiger partial charge in [-0.1, -0.05) is 32.1 Å².